The highest BCUT2D eigenvalue weighted by Crippen LogP contribution is 2.27. The van der Waals surface area contributed by atoms with E-state index in [1.54, 1.807) is 36.4 Å². The Morgan fingerprint density at radius 2 is 1.73 bits per heavy atom. The molecule has 1 aliphatic carbocycles. The lowest BCUT2D eigenvalue weighted by Crippen LogP contribution is -2.48. The molecule has 4 N–H and O–H groups in total. The molecule has 1 aliphatic heterocycles. The van der Waals surface area contributed by atoms with E-state index in [1.807, 2.05) is 13.8 Å². The Morgan fingerprint density at radius 3 is 2.49 bits per heavy atom. The monoisotopic (exact) mass is 584 g/mol. The molecule has 220 valence electrons. The predicted molar refractivity (Wildman–Crippen MR) is 154 cm³/mol. The molecule has 0 bridgehead atoms. The summed E-state index contributed by atoms with van der Waals surface area (Å²) < 4.78 is 11.8. The lowest BCUT2D eigenvalue weighted by Gasteiger charge is -2.24. The quantitative estimate of drug-likeness (QED) is 0.436. The maximum absolute atomic E-state index is 13.3. The minimum absolute atomic E-state index is 0.0117. The number of ether oxygens (including phenoxy) is 2. The molecule has 0 aromatic heterocycles. The fraction of sp³-hybridized carbons (Fsp3) is 0.467. The van der Waals surface area contributed by atoms with Gasteiger partial charge < -0.3 is 30.7 Å². The molecule has 2 aromatic carbocycles. The molecule has 1 heterocycles. The second kappa shape index (κ2) is 14.2. The first-order valence-corrected chi connectivity index (χ1v) is 14.4. The third-order valence-corrected chi connectivity index (χ3v) is 7.31. The van der Waals surface area contributed by atoms with Crippen LogP contribution in [0, 0.1) is 11.8 Å². The van der Waals surface area contributed by atoms with Gasteiger partial charge in [-0.05, 0) is 61.4 Å². The van der Waals surface area contributed by atoms with Crippen LogP contribution in [0.15, 0.2) is 42.5 Å². The van der Waals surface area contributed by atoms with E-state index in [2.05, 4.69) is 21.3 Å². The van der Waals surface area contributed by atoms with Gasteiger partial charge in [-0.2, -0.15) is 0 Å². The molecular weight excluding hydrogens is 548 g/mol. The van der Waals surface area contributed by atoms with Crippen LogP contribution in [0.5, 0.6) is 11.5 Å². The first kappa shape index (κ1) is 30.2. The Kier molecular flexibility index (Phi) is 10.5. The molecule has 2 aromatic rings. The van der Waals surface area contributed by atoms with Crippen molar-refractivity contribution in [3.05, 3.63) is 58.6 Å². The Bertz CT molecular complexity index is 1270. The number of carbonyl (C=O) groups is 4. The third kappa shape index (κ3) is 8.85. The molecular formula is C30H37ClN4O6. The van der Waals surface area contributed by atoms with E-state index in [0.717, 1.165) is 12.8 Å². The highest BCUT2D eigenvalue weighted by Gasteiger charge is 2.28. The average molecular weight is 585 g/mol. The second-order valence-corrected chi connectivity index (χ2v) is 11.2. The first-order chi connectivity index (χ1) is 19.7. The summed E-state index contributed by atoms with van der Waals surface area (Å²) in [4.78, 5) is 52.3. The van der Waals surface area contributed by atoms with Crippen LogP contribution in [0.4, 0.5) is 0 Å². The zero-order chi connectivity index (χ0) is 29.4. The van der Waals surface area contributed by atoms with Gasteiger partial charge in [0.1, 0.15) is 30.8 Å². The van der Waals surface area contributed by atoms with Crippen molar-refractivity contribution in [3.63, 3.8) is 0 Å². The van der Waals surface area contributed by atoms with Crippen LogP contribution in [0.3, 0.4) is 0 Å². The van der Waals surface area contributed by atoms with Gasteiger partial charge in [0.15, 0.2) is 0 Å². The molecule has 4 amide bonds. The van der Waals surface area contributed by atoms with Crippen LogP contribution in [0.2, 0.25) is 5.02 Å². The van der Waals surface area contributed by atoms with Crippen molar-refractivity contribution in [2.75, 3.05) is 26.3 Å². The zero-order valence-corrected chi connectivity index (χ0v) is 24.1. The Balaban J connectivity index is 1.57. The average Bonchev–Trinajstić information content (AvgIpc) is 3.78. The van der Waals surface area contributed by atoms with Crippen LogP contribution in [-0.4, -0.2) is 62.0 Å². The van der Waals surface area contributed by atoms with Gasteiger partial charge in [0, 0.05) is 18.0 Å². The lowest BCUT2D eigenvalue weighted by molar-refractivity contribution is -0.124. The van der Waals surface area contributed by atoms with Gasteiger partial charge in [-0.3, -0.25) is 19.2 Å². The number of halogens is 1. The largest absolute Gasteiger partial charge is 0.491 e. The van der Waals surface area contributed by atoms with Crippen LogP contribution >= 0.6 is 11.6 Å². The lowest BCUT2D eigenvalue weighted by atomic mass is 10.0. The minimum Gasteiger partial charge on any atom is -0.491 e. The molecule has 11 heteroatoms. The Labute approximate surface area is 244 Å². The van der Waals surface area contributed by atoms with Crippen LogP contribution < -0.4 is 30.7 Å². The number of benzene rings is 2. The number of hydrogen-bond acceptors (Lipinski definition) is 6. The van der Waals surface area contributed by atoms with E-state index < -0.39 is 17.9 Å². The fourth-order valence-corrected chi connectivity index (χ4v) is 4.51. The van der Waals surface area contributed by atoms with Crippen LogP contribution in [0.1, 0.15) is 60.2 Å². The number of hydrogen-bond donors (Lipinski definition) is 4. The van der Waals surface area contributed by atoms with Gasteiger partial charge in [-0.25, -0.2) is 0 Å². The highest BCUT2D eigenvalue weighted by molar-refractivity contribution is 6.31. The van der Waals surface area contributed by atoms with Gasteiger partial charge in [0.25, 0.3) is 11.8 Å². The normalized spacial score (nSPS) is 20.8. The first-order valence-electron chi connectivity index (χ1n) is 14.0. The maximum Gasteiger partial charge on any atom is 0.255 e. The fourth-order valence-electron chi connectivity index (χ4n) is 4.34. The molecule has 0 radical (unpaired) electrons. The molecule has 41 heavy (non-hydrogen) atoms. The molecule has 1 saturated carbocycles. The van der Waals surface area contributed by atoms with E-state index in [0.29, 0.717) is 29.0 Å². The standard InChI is InChI=1S/C30H37ClN4O6/c1-18(2)24-17-41-26-11-9-20(31)15-22(26)28(37)32-13-14-40-25-6-4-3-5-21(25)29(38)35-23(10-12-27(36)34-24)30(39)33-16-19-7-8-19/h3-6,9,11,15,18-19,23-24H,7-8,10,12-14,16-17H2,1-2H3,(H,32,37)(H,33,39)(H,34,36)(H,35,38)/t23-,24-/m0/s1. The second-order valence-electron chi connectivity index (χ2n) is 10.7. The van der Waals surface area contributed by atoms with Crippen molar-refractivity contribution in [2.24, 2.45) is 11.8 Å². The number of amides is 4. The third-order valence-electron chi connectivity index (χ3n) is 7.08. The molecule has 4 rings (SSSR count). The molecule has 0 spiro atoms. The summed E-state index contributed by atoms with van der Waals surface area (Å²) in [5.74, 6) is -0.391. The summed E-state index contributed by atoms with van der Waals surface area (Å²) in [6, 6.07) is 10.2. The van der Waals surface area contributed by atoms with E-state index >= 15 is 0 Å². The van der Waals surface area contributed by atoms with Gasteiger partial charge in [-0.1, -0.05) is 37.6 Å². The Morgan fingerprint density at radius 1 is 0.976 bits per heavy atom. The summed E-state index contributed by atoms with van der Waals surface area (Å²) in [7, 11) is 0. The molecule has 1 fully saturated rings. The molecule has 2 atom stereocenters. The maximum atomic E-state index is 13.3. The number of fused-ring (bicyclic) bond motifs is 2. The Hall–Kier alpha value is -3.79. The summed E-state index contributed by atoms with van der Waals surface area (Å²) in [6.45, 7) is 4.80. The van der Waals surface area contributed by atoms with Crippen LogP contribution in [-0.2, 0) is 9.59 Å². The minimum atomic E-state index is -0.910. The van der Waals surface area contributed by atoms with Crippen molar-refractivity contribution in [3.8, 4) is 11.5 Å². The molecule has 10 nitrogen and oxygen atoms in total. The van der Waals surface area contributed by atoms with Crippen molar-refractivity contribution >= 4 is 35.2 Å². The van der Waals surface area contributed by atoms with Gasteiger partial charge >= 0.3 is 0 Å². The molecule has 0 unspecified atom stereocenters. The summed E-state index contributed by atoms with van der Waals surface area (Å²) in [5, 5.41) is 11.8. The number of para-hydroxylation sites is 1. The molecule has 0 saturated heterocycles. The summed E-state index contributed by atoms with van der Waals surface area (Å²) >= 11 is 6.16. The van der Waals surface area contributed by atoms with E-state index in [4.69, 9.17) is 21.1 Å². The van der Waals surface area contributed by atoms with E-state index in [9.17, 15) is 19.2 Å². The predicted octanol–water partition coefficient (Wildman–Crippen LogP) is 3.09. The van der Waals surface area contributed by atoms with Crippen molar-refractivity contribution in [1.82, 2.24) is 21.3 Å². The van der Waals surface area contributed by atoms with Crippen molar-refractivity contribution in [2.45, 2.75) is 51.6 Å². The summed E-state index contributed by atoms with van der Waals surface area (Å²) in [5.41, 5.74) is 0.496. The summed E-state index contributed by atoms with van der Waals surface area (Å²) in [6.07, 6.45) is 2.27. The number of carbonyl (C=O) groups excluding carboxylic acids is 4. The zero-order valence-electron chi connectivity index (χ0n) is 23.3. The number of nitrogens with one attached hydrogen (secondary N) is 4. The van der Waals surface area contributed by atoms with E-state index in [1.165, 1.54) is 6.07 Å². The van der Waals surface area contributed by atoms with Gasteiger partial charge in [-0.15, -0.1) is 0 Å². The van der Waals surface area contributed by atoms with Crippen molar-refractivity contribution < 1.29 is 28.7 Å². The topological polar surface area (TPSA) is 135 Å². The smallest absolute Gasteiger partial charge is 0.255 e. The molecule has 2 aliphatic rings. The van der Waals surface area contributed by atoms with Crippen molar-refractivity contribution in [1.29, 1.82) is 0 Å². The number of rotatable bonds is 4. The van der Waals surface area contributed by atoms with Gasteiger partial charge in [0.05, 0.1) is 23.7 Å². The SMILES string of the molecule is CC(C)[C@@H]1COc2ccc(Cl)cc2C(=O)NCCOc2ccccc2C(=O)N[C@H](C(=O)NCC2CC2)CCC(=O)N1. The highest BCUT2D eigenvalue weighted by atomic mass is 35.5. The van der Waals surface area contributed by atoms with E-state index in [-0.39, 0.29) is 67.5 Å². The van der Waals surface area contributed by atoms with Gasteiger partial charge in [0.2, 0.25) is 11.8 Å². The van der Waals surface area contributed by atoms with Crippen LogP contribution in [0.25, 0.3) is 0 Å².